The highest BCUT2D eigenvalue weighted by Crippen LogP contribution is 2.22. The molecular weight excluding hydrogens is 246 g/mol. The number of ether oxygens (including phenoxy) is 2. The minimum absolute atomic E-state index is 0.149. The van der Waals surface area contributed by atoms with E-state index >= 15 is 0 Å². The van der Waals surface area contributed by atoms with Crippen molar-refractivity contribution in [3.8, 4) is 6.01 Å². The van der Waals surface area contributed by atoms with Crippen LogP contribution < -0.4 is 15.4 Å². The van der Waals surface area contributed by atoms with Crippen LogP contribution in [0, 0.1) is 0 Å². The van der Waals surface area contributed by atoms with Crippen LogP contribution in [0.2, 0.25) is 0 Å². The van der Waals surface area contributed by atoms with Gasteiger partial charge in [0.2, 0.25) is 11.9 Å². The summed E-state index contributed by atoms with van der Waals surface area (Å²) in [4.78, 5) is 14.6. The van der Waals surface area contributed by atoms with Crippen LogP contribution in [0.3, 0.4) is 0 Å². The van der Waals surface area contributed by atoms with Crippen LogP contribution >= 0.6 is 0 Å². The summed E-state index contributed by atoms with van der Waals surface area (Å²) in [7, 11) is 0. The van der Waals surface area contributed by atoms with Gasteiger partial charge < -0.3 is 20.1 Å². The molecule has 1 aliphatic heterocycles. The van der Waals surface area contributed by atoms with E-state index in [0.29, 0.717) is 19.2 Å². The lowest BCUT2D eigenvalue weighted by molar-refractivity contribution is 0.0292. The summed E-state index contributed by atoms with van der Waals surface area (Å²) in [6.07, 6.45) is 1.11. The monoisotopic (exact) mass is 267 g/mol. The molecule has 0 amide bonds. The van der Waals surface area contributed by atoms with Crippen molar-refractivity contribution in [3.05, 3.63) is 0 Å². The first-order valence-electron chi connectivity index (χ1n) is 6.66. The highest BCUT2D eigenvalue weighted by atomic mass is 16.5. The fourth-order valence-electron chi connectivity index (χ4n) is 2.11. The molecule has 2 unspecified atom stereocenters. The van der Waals surface area contributed by atoms with Crippen LogP contribution in [-0.4, -0.2) is 46.9 Å². The summed E-state index contributed by atoms with van der Waals surface area (Å²) >= 11 is 0. The van der Waals surface area contributed by atoms with Crippen molar-refractivity contribution in [3.63, 3.8) is 0 Å². The minimum Gasteiger partial charge on any atom is -0.464 e. The Balaban J connectivity index is 2.27. The van der Waals surface area contributed by atoms with Gasteiger partial charge in [0.15, 0.2) is 0 Å². The molecule has 1 fully saturated rings. The molecule has 106 valence electrons. The molecule has 0 saturated carbocycles. The molecule has 7 heteroatoms. The summed E-state index contributed by atoms with van der Waals surface area (Å²) in [5.74, 6) is 0.750. The molecule has 1 aromatic rings. The number of anilines is 2. The Bertz CT molecular complexity index is 429. The maximum Gasteiger partial charge on any atom is 0.323 e. The maximum absolute atomic E-state index is 5.72. The van der Waals surface area contributed by atoms with E-state index in [1.54, 1.807) is 0 Å². The summed E-state index contributed by atoms with van der Waals surface area (Å²) < 4.78 is 11.0. The molecule has 2 atom stereocenters. The number of nitrogens with zero attached hydrogens (tertiary/aromatic N) is 4. The quantitative estimate of drug-likeness (QED) is 0.865. The molecule has 1 aliphatic rings. The molecule has 7 nitrogen and oxygen atoms in total. The number of nitrogen functional groups attached to an aromatic ring is 1. The van der Waals surface area contributed by atoms with Crippen molar-refractivity contribution in [2.24, 2.45) is 0 Å². The first kappa shape index (κ1) is 13.8. The topological polar surface area (TPSA) is 86.4 Å². The van der Waals surface area contributed by atoms with Crippen LogP contribution in [0.25, 0.3) is 0 Å². The lowest BCUT2D eigenvalue weighted by Gasteiger charge is -2.38. The predicted octanol–water partition coefficient (Wildman–Crippen LogP) is 0.856. The Hall–Kier alpha value is -1.63. The molecule has 2 N–H and O–H groups in total. The number of nitrogens with two attached hydrogens (primary N) is 1. The van der Waals surface area contributed by atoms with Crippen molar-refractivity contribution in [1.82, 2.24) is 15.0 Å². The molecule has 2 rings (SSSR count). The van der Waals surface area contributed by atoms with Gasteiger partial charge in [0.05, 0.1) is 25.4 Å². The Morgan fingerprint density at radius 2 is 2.16 bits per heavy atom. The van der Waals surface area contributed by atoms with E-state index in [0.717, 1.165) is 13.0 Å². The van der Waals surface area contributed by atoms with Crippen LogP contribution in [0.1, 0.15) is 27.2 Å². The van der Waals surface area contributed by atoms with Gasteiger partial charge in [-0.15, -0.1) is 0 Å². The average Bonchev–Trinajstić information content (AvgIpc) is 2.38. The van der Waals surface area contributed by atoms with Crippen LogP contribution in [0.15, 0.2) is 0 Å². The third-order valence-electron chi connectivity index (χ3n) is 3.09. The lowest BCUT2D eigenvalue weighted by Crippen LogP contribution is -2.49. The van der Waals surface area contributed by atoms with Crippen LogP contribution in [0.5, 0.6) is 6.01 Å². The summed E-state index contributed by atoms with van der Waals surface area (Å²) in [5.41, 5.74) is 5.72. The Kier molecular flexibility index (Phi) is 4.36. The summed E-state index contributed by atoms with van der Waals surface area (Å²) in [5, 5.41) is 0. The number of hydrogen-bond acceptors (Lipinski definition) is 7. The maximum atomic E-state index is 5.72. The first-order chi connectivity index (χ1) is 9.13. The van der Waals surface area contributed by atoms with Gasteiger partial charge in [-0.25, -0.2) is 0 Å². The number of morpholine rings is 1. The van der Waals surface area contributed by atoms with Crippen molar-refractivity contribution in [2.45, 2.75) is 39.3 Å². The third-order valence-corrected chi connectivity index (χ3v) is 3.09. The number of rotatable bonds is 4. The predicted molar refractivity (Wildman–Crippen MR) is 72.2 cm³/mol. The highest BCUT2D eigenvalue weighted by molar-refractivity contribution is 5.38. The molecule has 0 radical (unpaired) electrons. The third kappa shape index (κ3) is 3.23. The normalized spacial score (nSPS) is 23.4. The molecule has 0 aromatic carbocycles. The van der Waals surface area contributed by atoms with E-state index < -0.39 is 0 Å². The second kappa shape index (κ2) is 6.01. The molecular formula is C12H21N5O2. The SMILES string of the molecule is CCOc1nc(N)nc(N2CC(C)OCC2CC)n1. The molecule has 1 aromatic heterocycles. The Labute approximate surface area is 113 Å². The van der Waals surface area contributed by atoms with Gasteiger partial charge in [0.25, 0.3) is 0 Å². The number of aromatic nitrogens is 3. The van der Waals surface area contributed by atoms with Crippen molar-refractivity contribution in [1.29, 1.82) is 0 Å². The summed E-state index contributed by atoms with van der Waals surface area (Å²) in [6.45, 7) is 7.95. The average molecular weight is 267 g/mol. The molecule has 0 aliphatic carbocycles. The Morgan fingerprint density at radius 1 is 1.37 bits per heavy atom. The van der Waals surface area contributed by atoms with Crippen LogP contribution in [0.4, 0.5) is 11.9 Å². The largest absolute Gasteiger partial charge is 0.464 e. The highest BCUT2D eigenvalue weighted by Gasteiger charge is 2.28. The van der Waals surface area contributed by atoms with Gasteiger partial charge in [-0.1, -0.05) is 6.92 Å². The molecule has 0 bridgehead atoms. The standard InChI is InChI=1S/C12H21N5O2/c1-4-9-7-19-8(3)6-17(9)11-14-10(13)15-12(16-11)18-5-2/h8-9H,4-7H2,1-3H3,(H2,13,14,15,16). The molecule has 1 saturated heterocycles. The zero-order valence-corrected chi connectivity index (χ0v) is 11.7. The molecule has 2 heterocycles. The van der Waals surface area contributed by atoms with Gasteiger partial charge in [0.1, 0.15) is 0 Å². The van der Waals surface area contributed by atoms with E-state index in [1.807, 2.05) is 13.8 Å². The second-order valence-corrected chi connectivity index (χ2v) is 4.57. The van der Waals surface area contributed by atoms with Gasteiger partial charge >= 0.3 is 6.01 Å². The van der Waals surface area contributed by atoms with E-state index in [-0.39, 0.29) is 24.1 Å². The van der Waals surface area contributed by atoms with Gasteiger partial charge in [-0.3, -0.25) is 0 Å². The van der Waals surface area contributed by atoms with Crippen molar-refractivity contribution < 1.29 is 9.47 Å². The Morgan fingerprint density at radius 3 is 2.84 bits per heavy atom. The molecule has 19 heavy (non-hydrogen) atoms. The van der Waals surface area contributed by atoms with Crippen molar-refractivity contribution in [2.75, 3.05) is 30.4 Å². The van der Waals surface area contributed by atoms with E-state index in [9.17, 15) is 0 Å². The van der Waals surface area contributed by atoms with E-state index in [2.05, 4.69) is 26.8 Å². The minimum atomic E-state index is 0.149. The van der Waals surface area contributed by atoms with E-state index in [1.165, 1.54) is 0 Å². The fourth-order valence-corrected chi connectivity index (χ4v) is 2.11. The second-order valence-electron chi connectivity index (χ2n) is 4.57. The zero-order valence-electron chi connectivity index (χ0n) is 11.7. The molecule has 0 spiro atoms. The van der Waals surface area contributed by atoms with Crippen molar-refractivity contribution >= 4 is 11.9 Å². The van der Waals surface area contributed by atoms with Crippen LogP contribution in [-0.2, 0) is 4.74 Å². The van der Waals surface area contributed by atoms with Gasteiger partial charge in [-0.05, 0) is 20.3 Å². The first-order valence-corrected chi connectivity index (χ1v) is 6.66. The lowest BCUT2D eigenvalue weighted by atomic mass is 10.1. The van der Waals surface area contributed by atoms with E-state index in [4.69, 9.17) is 15.2 Å². The summed E-state index contributed by atoms with van der Waals surface area (Å²) in [6, 6.07) is 0.534. The van der Waals surface area contributed by atoms with Gasteiger partial charge in [0, 0.05) is 6.54 Å². The fraction of sp³-hybridized carbons (Fsp3) is 0.750. The van der Waals surface area contributed by atoms with Gasteiger partial charge in [-0.2, -0.15) is 15.0 Å². The number of hydrogen-bond donors (Lipinski definition) is 1. The zero-order chi connectivity index (χ0) is 13.8. The smallest absolute Gasteiger partial charge is 0.323 e.